The summed E-state index contributed by atoms with van der Waals surface area (Å²) in [5.41, 5.74) is 0. The molecule has 0 bridgehead atoms. The summed E-state index contributed by atoms with van der Waals surface area (Å²) in [6.45, 7) is -3.25. The molecule has 22 N–H and O–H groups in total. The number of rotatable bonds is 24. The molecule has 0 radical (unpaired) electrons. The average molecular weight is 1440 g/mol. The lowest BCUT2D eigenvalue weighted by Crippen LogP contribution is -2.69. The lowest BCUT2D eigenvalue weighted by atomic mass is 9.90. The first-order valence-electron chi connectivity index (χ1n) is 31.3. The van der Waals surface area contributed by atoms with Crippen LogP contribution in [0.25, 0.3) is 0 Å². The summed E-state index contributed by atoms with van der Waals surface area (Å²) in [6, 6.07) is 0. The van der Waals surface area contributed by atoms with E-state index >= 15 is 0 Å². The van der Waals surface area contributed by atoms with Crippen LogP contribution in [-0.2, 0) is 99.6 Å². The van der Waals surface area contributed by atoms with E-state index in [-0.39, 0.29) is 0 Å². The number of ether oxygens (including phenoxy) is 19. The molecule has 0 amide bonds. The second kappa shape index (κ2) is 33.7. The number of carboxylic acid groups (broad SMARTS) is 1. The molecule has 568 valence electrons. The Morgan fingerprint density at radius 1 is 0.388 bits per heavy atom. The van der Waals surface area contributed by atoms with Crippen molar-refractivity contribution in [2.75, 3.05) is 60.0 Å². The van der Waals surface area contributed by atoms with Crippen molar-refractivity contribution in [1.29, 1.82) is 0 Å². The lowest BCUT2D eigenvalue weighted by Gasteiger charge is -2.50. The van der Waals surface area contributed by atoms with Crippen molar-refractivity contribution in [3.63, 3.8) is 0 Å². The second-order valence-electron chi connectivity index (χ2n) is 25.1. The smallest absolute Gasteiger partial charge is 0.364 e. The highest BCUT2D eigenvalue weighted by molar-refractivity contribution is 5.75. The molecule has 18 unspecified atom stereocenters. The maximum atomic E-state index is 12.1. The zero-order chi connectivity index (χ0) is 71.8. The van der Waals surface area contributed by atoms with E-state index in [9.17, 15) is 122 Å². The highest BCUT2D eigenvalue weighted by Gasteiger charge is 2.60. The van der Waals surface area contributed by atoms with E-state index < -0.39 is 316 Å². The fourth-order valence-corrected chi connectivity index (χ4v) is 12.6. The minimum atomic E-state index is -2.24. The molecule has 0 aromatic carbocycles. The van der Waals surface area contributed by atoms with E-state index in [0.29, 0.717) is 0 Å². The van der Waals surface area contributed by atoms with Crippen LogP contribution in [0.4, 0.5) is 0 Å². The molecule has 0 saturated carbocycles. The van der Waals surface area contributed by atoms with Gasteiger partial charge in [0.2, 0.25) is 0 Å². The fraction of sp³-hybridized carbons (Fsp3) is 0.964. The van der Waals surface area contributed by atoms with Crippen molar-refractivity contribution in [3.05, 3.63) is 0 Å². The van der Waals surface area contributed by atoms with Crippen molar-refractivity contribution in [2.45, 2.75) is 266 Å². The molecule has 0 aliphatic carbocycles. The SMILES string of the molecule is CO[C@@H]1OC(CO)[C@H](O)[C@H](O[C@@H]2OC(CO)[C@@H](O[C@@H]3OC(COC(C)=O)[C@@H](O[C@@H]4OC(CO[C@@H]5OC(CO[C@@H]6OC(CO)[C@H](O)[C@H](O[C@@H]7OC(CO)[C@H](O)[C@H](O[C@@H]8OC9COC(C)(C(=O)O)O[C@H]9[C@H](O)C8O)C7O)C6O)[C@@H](O)[C@H](O)C5O)C(C)[C@H](O)C4O)[C@H](O)C3O)[C@H](O)C2O)C1O. The summed E-state index contributed by atoms with van der Waals surface area (Å²) >= 11 is 0. The Hall–Kier alpha value is -2.62. The van der Waals surface area contributed by atoms with Gasteiger partial charge in [-0.3, -0.25) is 4.79 Å². The monoisotopic (exact) mass is 1440 g/mol. The predicted octanol–water partition coefficient (Wildman–Crippen LogP) is -15.1. The molecule has 9 rings (SSSR count). The van der Waals surface area contributed by atoms with Gasteiger partial charge in [-0.2, -0.15) is 0 Å². The Morgan fingerprint density at radius 2 is 0.755 bits per heavy atom. The molecule has 43 heteroatoms. The van der Waals surface area contributed by atoms with Crippen LogP contribution in [0.5, 0.6) is 0 Å². The number of fused-ring (bicyclic) bond motifs is 1. The molecule has 9 fully saturated rings. The Kier molecular flexibility index (Phi) is 27.3. The number of methoxy groups -OCH3 is 1. The van der Waals surface area contributed by atoms with Gasteiger partial charge in [-0.1, -0.05) is 6.92 Å². The standard InChI is InChI=1S/C55H90O43/c1-13-19(89-49(32(70)23(13)61)94-41-21(11-81-14(2)60)91-51(35(73)30(41)68)93-40-18(8-59)88-50(34(72)29(40)67)95-43-25(63)15(5-56)85-46(80-4)37(43)75)9-82-47-33(71)28(66)24(62)20(90-47)10-83-48-38(76)44(26(64)16(6-57)86-48)97-53-39(77)45(27(65)17(7-58)87-53)96-52-36(74)31(69)42-22(92-52)12-84-55(3,98-42)54(78)79/h13,15-53,56-59,61-77H,5-12H2,1-4H3,(H,78,79)/t13?,15?,16?,17?,18?,19?,20?,21?,22?,23-,24+,25-,26-,27-,28-,29+,30+,31+,32?,33?,34?,35?,36?,37?,38?,39?,40+,41+,42+,43-,44-,45-,46+,47+,48+,49-,50-,51-,52-,53-,55?/m0/s1. The van der Waals surface area contributed by atoms with Crippen molar-refractivity contribution in [1.82, 2.24) is 0 Å². The van der Waals surface area contributed by atoms with Crippen molar-refractivity contribution in [2.24, 2.45) is 5.92 Å². The maximum absolute atomic E-state index is 12.1. The van der Waals surface area contributed by atoms with E-state index in [1.165, 1.54) is 6.92 Å². The van der Waals surface area contributed by atoms with Crippen LogP contribution in [0, 0.1) is 5.92 Å². The molecule has 0 aromatic rings. The van der Waals surface area contributed by atoms with E-state index in [4.69, 9.17) is 90.0 Å². The summed E-state index contributed by atoms with van der Waals surface area (Å²) in [4.78, 5) is 23.9. The normalized spacial score (nSPS) is 51.8. The number of hydrogen-bond acceptors (Lipinski definition) is 42. The molecule has 0 spiro atoms. The number of hydrogen-bond donors (Lipinski definition) is 22. The molecule has 41 atom stereocenters. The third-order valence-electron chi connectivity index (χ3n) is 18.6. The number of carbonyl (C=O) groups is 2. The van der Waals surface area contributed by atoms with Gasteiger partial charge in [-0.25, -0.2) is 4.79 Å². The molecule has 0 aromatic heterocycles. The highest BCUT2D eigenvalue weighted by Crippen LogP contribution is 2.40. The number of aliphatic carboxylic acids is 1. The van der Waals surface area contributed by atoms with Crippen LogP contribution in [0.3, 0.4) is 0 Å². The van der Waals surface area contributed by atoms with E-state index in [0.717, 1.165) is 21.0 Å². The fourth-order valence-electron chi connectivity index (χ4n) is 12.6. The molecule has 9 saturated heterocycles. The summed E-state index contributed by atoms with van der Waals surface area (Å²) in [5, 5.41) is 241. The molecule has 9 aliphatic heterocycles. The molecule has 9 heterocycles. The third kappa shape index (κ3) is 16.6. The van der Waals surface area contributed by atoms with Gasteiger partial charge in [-0.05, 0) is 0 Å². The van der Waals surface area contributed by atoms with E-state index in [2.05, 4.69) is 0 Å². The first kappa shape index (κ1) is 79.5. The van der Waals surface area contributed by atoms with Gasteiger partial charge >= 0.3 is 11.9 Å². The Bertz CT molecular complexity index is 2500. The Morgan fingerprint density at radius 3 is 1.26 bits per heavy atom. The molecule has 43 nitrogen and oxygen atoms in total. The molecular weight excluding hydrogens is 1350 g/mol. The van der Waals surface area contributed by atoms with Gasteiger partial charge < -0.3 is 202 Å². The first-order valence-corrected chi connectivity index (χ1v) is 31.3. The topological polar surface area (TPSA) is 655 Å². The van der Waals surface area contributed by atoms with Crippen molar-refractivity contribution >= 4 is 11.9 Å². The van der Waals surface area contributed by atoms with E-state index in [1.807, 2.05) is 0 Å². The quantitative estimate of drug-likeness (QED) is 0.0399. The van der Waals surface area contributed by atoms with Gasteiger partial charge in [0.25, 0.3) is 5.79 Å². The van der Waals surface area contributed by atoms with Crippen LogP contribution in [0.2, 0.25) is 0 Å². The molecule has 9 aliphatic rings. The molecular formula is C55H90O43. The molecule has 98 heavy (non-hydrogen) atoms. The van der Waals surface area contributed by atoms with Gasteiger partial charge in [0, 0.05) is 26.9 Å². The largest absolute Gasteiger partial charge is 0.477 e. The zero-order valence-corrected chi connectivity index (χ0v) is 52.7. The summed E-state index contributed by atoms with van der Waals surface area (Å²) in [5.74, 6) is -5.80. The van der Waals surface area contributed by atoms with Crippen molar-refractivity contribution in [3.8, 4) is 0 Å². The second-order valence-corrected chi connectivity index (χ2v) is 25.1. The summed E-state index contributed by atoms with van der Waals surface area (Å²) in [7, 11) is 1.14. The maximum Gasteiger partial charge on any atom is 0.364 e. The lowest BCUT2D eigenvalue weighted by molar-refractivity contribution is -0.402. The van der Waals surface area contributed by atoms with Gasteiger partial charge in [0.1, 0.15) is 184 Å². The first-order chi connectivity index (χ1) is 46.3. The van der Waals surface area contributed by atoms with Gasteiger partial charge in [-0.15, -0.1) is 0 Å². The summed E-state index contributed by atoms with van der Waals surface area (Å²) in [6.07, 6.45) is -72.8. The minimum Gasteiger partial charge on any atom is -0.477 e. The predicted molar refractivity (Wildman–Crippen MR) is 296 cm³/mol. The van der Waals surface area contributed by atoms with Crippen LogP contribution in [0.1, 0.15) is 20.8 Å². The Balaban J connectivity index is 0.812. The van der Waals surface area contributed by atoms with Crippen LogP contribution < -0.4 is 0 Å². The minimum absolute atomic E-state index is 0.512. The van der Waals surface area contributed by atoms with E-state index in [1.54, 1.807) is 0 Å². The van der Waals surface area contributed by atoms with Crippen LogP contribution in [-0.4, -0.2) is 430 Å². The number of aliphatic hydroxyl groups is 21. The number of carboxylic acids is 1. The average Bonchev–Trinajstić information content (AvgIpc) is 0.775. The number of esters is 1. The number of aliphatic hydroxyl groups excluding tert-OH is 21. The third-order valence-corrected chi connectivity index (χ3v) is 18.6. The Labute approximate surface area is 554 Å². The van der Waals surface area contributed by atoms with Gasteiger partial charge in [0.15, 0.2) is 50.3 Å². The van der Waals surface area contributed by atoms with Crippen molar-refractivity contribution < 1.29 is 212 Å². The van der Waals surface area contributed by atoms with Gasteiger partial charge in [0.05, 0.1) is 58.5 Å². The number of carbonyl (C=O) groups excluding carboxylic acids is 1. The highest BCUT2D eigenvalue weighted by atomic mass is 16.8. The summed E-state index contributed by atoms with van der Waals surface area (Å²) < 4.78 is 107. The van der Waals surface area contributed by atoms with Crippen LogP contribution in [0.15, 0.2) is 0 Å². The van der Waals surface area contributed by atoms with Crippen LogP contribution >= 0.6 is 0 Å². The zero-order valence-electron chi connectivity index (χ0n) is 52.7.